The molecule has 0 saturated carbocycles. The molecule has 0 fully saturated rings. The summed E-state index contributed by atoms with van der Waals surface area (Å²) in [7, 11) is 0. The van der Waals surface area contributed by atoms with Crippen LogP contribution in [0.4, 0.5) is 0 Å². The molecule has 0 aliphatic heterocycles. The first-order chi connectivity index (χ1) is 8.14. The van der Waals surface area contributed by atoms with E-state index in [2.05, 4.69) is 60.3 Å². The third kappa shape index (κ3) is 4.40. The molecule has 0 aliphatic carbocycles. The van der Waals surface area contributed by atoms with Crippen LogP contribution in [0.3, 0.4) is 0 Å². The molecule has 0 amide bonds. The Morgan fingerprint density at radius 3 is 1.83 bits per heavy atom. The monoisotopic (exact) mass is 281 g/mol. The van der Waals surface area contributed by atoms with E-state index in [1.165, 1.54) is 14.6 Å². The van der Waals surface area contributed by atoms with Gasteiger partial charge in [-0.25, -0.2) is 0 Å². The van der Waals surface area contributed by atoms with Gasteiger partial charge >= 0.3 is 0 Å². The Kier molecular flexibility index (Phi) is 5.02. The summed E-state index contributed by atoms with van der Waals surface area (Å²) in [5, 5.41) is 0. The fraction of sp³-hybridized carbons (Fsp3) is 0.562. The molecule has 0 unspecified atom stereocenters. The lowest BCUT2D eigenvalue weighted by Gasteiger charge is -2.16. The van der Waals surface area contributed by atoms with Gasteiger partial charge in [0.25, 0.3) is 0 Å². The van der Waals surface area contributed by atoms with E-state index in [4.69, 9.17) is 0 Å². The maximum Gasteiger partial charge on any atom is 0.219 e. The van der Waals surface area contributed by atoms with Crippen LogP contribution in [0.15, 0.2) is 29.7 Å². The van der Waals surface area contributed by atoms with Crippen LogP contribution in [-0.4, -0.2) is 5.75 Å². The minimum absolute atomic E-state index is 0.218. The Morgan fingerprint density at radius 2 is 1.50 bits per heavy atom. The van der Waals surface area contributed by atoms with Gasteiger partial charge in [-0.3, -0.25) is 0 Å². The van der Waals surface area contributed by atoms with Crippen LogP contribution < -0.4 is 0 Å². The van der Waals surface area contributed by atoms with Crippen molar-refractivity contribution in [2.45, 2.75) is 57.3 Å². The van der Waals surface area contributed by atoms with E-state index < -0.39 is 0 Å². The molecule has 0 atom stereocenters. The summed E-state index contributed by atoms with van der Waals surface area (Å²) < 4.78 is 0. The van der Waals surface area contributed by atoms with Gasteiger partial charge in [0, 0.05) is 33.6 Å². The highest BCUT2D eigenvalue weighted by atomic mass is 32.2. The lowest BCUT2D eigenvalue weighted by atomic mass is 9.93. The van der Waals surface area contributed by atoms with Gasteiger partial charge in [0.15, 0.2) is 0 Å². The van der Waals surface area contributed by atoms with E-state index in [9.17, 15) is 0 Å². The van der Waals surface area contributed by atoms with Crippen LogP contribution in [0.5, 0.6) is 0 Å². The van der Waals surface area contributed by atoms with Crippen LogP contribution >= 0.6 is 23.1 Å². The minimum atomic E-state index is 0.218. The normalized spacial score (nSPS) is 12.6. The van der Waals surface area contributed by atoms with Crippen molar-refractivity contribution in [2.75, 3.05) is 5.75 Å². The van der Waals surface area contributed by atoms with Crippen LogP contribution in [0.25, 0.3) is 0 Å². The van der Waals surface area contributed by atoms with Crippen molar-refractivity contribution in [3.05, 3.63) is 34.5 Å². The molecule has 1 aromatic heterocycles. The second-order valence-corrected chi connectivity index (χ2v) is 8.80. The van der Waals surface area contributed by atoms with Gasteiger partial charge in [0.2, 0.25) is 21.1 Å². The van der Waals surface area contributed by atoms with Gasteiger partial charge < -0.3 is 0 Å². The Hall–Kier alpha value is -0.340. The van der Waals surface area contributed by atoms with Crippen molar-refractivity contribution >= 4 is 23.1 Å². The average molecular weight is 282 g/mol. The molecule has 100 valence electrons. The summed E-state index contributed by atoms with van der Waals surface area (Å²) in [6.45, 7) is 17.5. The fourth-order valence-corrected chi connectivity index (χ4v) is 3.54. The third-order valence-corrected chi connectivity index (χ3v) is 5.48. The SMILES string of the molecule is C=CCSc1cc(C(C)(C)C)[s+]c(C(C)(C)C)c1. The van der Waals surface area contributed by atoms with Crippen molar-refractivity contribution in [2.24, 2.45) is 0 Å². The zero-order valence-corrected chi connectivity index (χ0v) is 14.1. The second kappa shape index (κ2) is 5.75. The summed E-state index contributed by atoms with van der Waals surface area (Å²) in [5.41, 5.74) is 0.435. The lowest BCUT2D eigenvalue weighted by molar-refractivity contribution is 0.590. The smallest absolute Gasteiger partial charge is 0.122 e. The molecule has 18 heavy (non-hydrogen) atoms. The van der Waals surface area contributed by atoms with Crippen molar-refractivity contribution in [3.63, 3.8) is 0 Å². The summed E-state index contributed by atoms with van der Waals surface area (Å²) in [4.78, 5) is 4.28. The Balaban J connectivity index is 3.24. The van der Waals surface area contributed by atoms with E-state index >= 15 is 0 Å². The predicted molar refractivity (Wildman–Crippen MR) is 87.0 cm³/mol. The van der Waals surface area contributed by atoms with E-state index in [-0.39, 0.29) is 10.8 Å². The van der Waals surface area contributed by atoms with Gasteiger partial charge in [-0.2, -0.15) is 0 Å². The maximum atomic E-state index is 3.80. The highest BCUT2D eigenvalue weighted by molar-refractivity contribution is 7.99. The molecular weight excluding hydrogens is 256 g/mol. The predicted octanol–water partition coefficient (Wildman–Crippen LogP) is 5.90. The topological polar surface area (TPSA) is 0 Å². The third-order valence-electron chi connectivity index (χ3n) is 2.61. The van der Waals surface area contributed by atoms with Gasteiger partial charge in [-0.05, 0) is 0 Å². The number of thioether (sulfide) groups is 1. The first-order valence-electron chi connectivity index (χ1n) is 6.37. The van der Waals surface area contributed by atoms with Gasteiger partial charge in [0.05, 0.1) is 0 Å². The molecular formula is C16H25S2+. The van der Waals surface area contributed by atoms with E-state index in [0.29, 0.717) is 0 Å². The Labute approximate surface area is 121 Å². The van der Waals surface area contributed by atoms with Crippen LogP contribution in [0, 0.1) is 0 Å². The van der Waals surface area contributed by atoms with Crippen LogP contribution in [-0.2, 0) is 10.8 Å². The Morgan fingerprint density at radius 1 is 1.06 bits per heavy atom. The molecule has 1 aromatic rings. The van der Waals surface area contributed by atoms with Gasteiger partial charge in [0.1, 0.15) is 0 Å². The highest BCUT2D eigenvalue weighted by Gasteiger charge is 2.31. The molecule has 0 nitrogen and oxygen atoms in total. The summed E-state index contributed by atoms with van der Waals surface area (Å²) in [5.74, 6) is 0.974. The number of rotatable bonds is 3. The largest absolute Gasteiger partial charge is 0.219 e. The quantitative estimate of drug-likeness (QED) is 0.377. The minimum Gasteiger partial charge on any atom is -0.122 e. The molecule has 2 heteroatoms. The number of hydrogen-bond donors (Lipinski definition) is 0. The van der Waals surface area contributed by atoms with Crippen LogP contribution in [0.1, 0.15) is 51.3 Å². The highest BCUT2D eigenvalue weighted by Crippen LogP contribution is 2.37. The zero-order chi connectivity index (χ0) is 14.0. The summed E-state index contributed by atoms with van der Waals surface area (Å²) >= 11 is 3.81. The average Bonchev–Trinajstić information content (AvgIpc) is 2.23. The molecule has 0 bridgehead atoms. The molecule has 0 aliphatic rings. The molecule has 1 heterocycles. The van der Waals surface area contributed by atoms with E-state index in [0.717, 1.165) is 5.75 Å². The molecule has 1 rings (SSSR count). The fourth-order valence-electron chi connectivity index (χ4n) is 1.46. The van der Waals surface area contributed by atoms with Gasteiger partial charge in [-0.15, -0.1) is 18.3 Å². The first-order valence-corrected chi connectivity index (χ1v) is 8.17. The zero-order valence-electron chi connectivity index (χ0n) is 12.5. The van der Waals surface area contributed by atoms with Crippen LogP contribution in [0.2, 0.25) is 0 Å². The van der Waals surface area contributed by atoms with Crippen molar-refractivity contribution < 1.29 is 0 Å². The molecule has 0 aromatic carbocycles. The van der Waals surface area contributed by atoms with E-state index in [1.54, 1.807) is 0 Å². The number of hydrogen-bond acceptors (Lipinski definition) is 1. The summed E-state index contributed by atoms with van der Waals surface area (Å²) in [6.07, 6.45) is 1.97. The standard InChI is InChI=1S/C16H25S2/c1-8-9-17-12-10-13(15(2,3)4)18-14(11-12)16(5,6)7/h8,10-11H,1,9H2,2-7H3/q+1. The van der Waals surface area contributed by atoms with Crippen molar-refractivity contribution in [1.82, 2.24) is 0 Å². The van der Waals surface area contributed by atoms with Gasteiger partial charge in [-0.1, -0.05) is 47.6 Å². The molecule has 0 radical (unpaired) electrons. The molecule has 0 N–H and O–H groups in total. The first kappa shape index (κ1) is 15.7. The van der Waals surface area contributed by atoms with Crippen molar-refractivity contribution in [1.29, 1.82) is 0 Å². The molecule has 0 saturated heterocycles. The van der Waals surface area contributed by atoms with E-state index in [1.807, 2.05) is 29.2 Å². The maximum absolute atomic E-state index is 3.80. The van der Waals surface area contributed by atoms with Crippen molar-refractivity contribution in [3.8, 4) is 0 Å². The lowest BCUT2D eigenvalue weighted by Crippen LogP contribution is -2.14. The second-order valence-electron chi connectivity index (χ2n) is 6.62. The Bertz CT molecular complexity index is 387. The summed E-state index contributed by atoms with van der Waals surface area (Å²) in [6, 6.07) is 4.68. The molecule has 0 spiro atoms.